The van der Waals surface area contributed by atoms with E-state index in [1.54, 1.807) is 6.08 Å². The van der Waals surface area contributed by atoms with Gasteiger partial charge in [0.05, 0.1) is 0 Å². The van der Waals surface area contributed by atoms with Crippen molar-refractivity contribution >= 4 is 12.0 Å². The first kappa shape index (κ1) is 5.81. The van der Waals surface area contributed by atoms with Gasteiger partial charge in [-0.15, -0.1) is 5.10 Å². The molecule has 0 aliphatic heterocycles. The fourth-order valence-electron chi connectivity index (χ4n) is 0.520. The van der Waals surface area contributed by atoms with Gasteiger partial charge >= 0.3 is 0 Å². The third-order valence-electron chi connectivity index (χ3n) is 0.845. The number of rotatable bonds is 1. The van der Waals surface area contributed by atoms with Gasteiger partial charge in [0.2, 0.25) is 5.95 Å². The van der Waals surface area contributed by atoms with E-state index in [4.69, 9.17) is 5.73 Å². The highest BCUT2D eigenvalue weighted by molar-refractivity contribution is 5.40. The van der Waals surface area contributed by atoms with Crippen molar-refractivity contribution in [1.82, 2.24) is 15.2 Å². The van der Waals surface area contributed by atoms with Crippen LogP contribution in [0.25, 0.3) is 6.08 Å². The zero-order valence-electron chi connectivity index (χ0n) is 5.13. The lowest BCUT2D eigenvalue weighted by Crippen LogP contribution is -1.84. The zero-order chi connectivity index (χ0) is 6.69. The Balaban J connectivity index is 2.85. The summed E-state index contributed by atoms with van der Waals surface area (Å²) in [7, 11) is 0. The average Bonchev–Trinajstić information content (AvgIpc) is 2.17. The van der Waals surface area contributed by atoms with E-state index in [9.17, 15) is 0 Å². The molecule has 0 unspecified atom stereocenters. The van der Waals surface area contributed by atoms with Gasteiger partial charge in [-0.05, 0) is 13.0 Å². The summed E-state index contributed by atoms with van der Waals surface area (Å²) in [6.45, 7) is 1.90. The minimum atomic E-state index is 0.281. The molecule has 48 valence electrons. The van der Waals surface area contributed by atoms with Gasteiger partial charge in [0, 0.05) is 0 Å². The number of anilines is 1. The lowest BCUT2D eigenvalue weighted by Gasteiger charge is -1.74. The maximum atomic E-state index is 5.22. The molecule has 0 aromatic carbocycles. The average molecular weight is 124 g/mol. The molecule has 0 aliphatic rings. The van der Waals surface area contributed by atoms with Crippen LogP contribution in [0.5, 0.6) is 0 Å². The molecular weight excluding hydrogens is 116 g/mol. The summed E-state index contributed by atoms with van der Waals surface area (Å²) < 4.78 is 0. The van der Waals surface area contributed by atoms with Crippen LogP contribution in [0, 0.1) is 0 Å². The first-order chi connectivity index (χ1) is 4.33. The summed E-state index contributed by atoms with van der Waals surface area (Å²) in [5.41, 5.74) is 5.22. The number of allylic oxidation sites excluding steroid dienone is 1. The molecule has 9 heavy (non-hydrogen) atoms. The standard InChI is InChI=1S/C5H8N4/c1-2-3-4-7-5(6)9-8-4/h2-3H,1H3,(H3,6,7,8,9)/b3-2+. The number of hydrogen-bond donors (Lipinski definition) is 2. The molecule has 1 rings (SSSR count). The molecule has 0 saturated carbocycles. The van der Waals surface area contributed by atoms with Gasteiger partial charge in [0.25, 0.3) is 0 Å². The number of aromatic nitrogens is 3. The largest absolute Gasteiger partial charge is 0.366 e. The van der Waals surface area contributed by atoms with Crippen molar-refractivity contribution in [2.75, 3.05) is 5.73 Å². The van der Waals surface area contributed by atoms with Crippen molar-refractivity contribution < 1.29 is 0 Å². The molecule has 0 amide bonds. The van der Waals surface area contributed by atoms with E-state index < -0.39 is 0 Å². The molecule has 4 heteroatoms. The second-order valence-corrected chi connectivity index (χ2v) is 1.58. The Labute approximate surface area is 52.8 Å². The zero-order valence-corrected chi connectivity index (χ0v) is 5.13. The third-order valence-corrected chi connectivity index (χ3v) is 0.845. The van der Waals surface area contributed by atoms with Crippen LogP contribution in [0.3, 0.4) is 0 Å². The summed E-state index contributed by atoms with van der Waals surface area (Å²) in [5.74, 6) is 0.970. The second-order valence-electron chi connectivity index (χ2n) is 1.58. The molecule has 0 atom stereocenters. The van der Waals surface area contributed by atoms with Crippen LogP contribution >= 0.6 is 0 Å². The molecule has 1 heterocycles. The first-order valence-corrected chi connectivity index (χ1v) is 2.63. The van der Waals surface area contributed by atoms with Crippen LogP contribution in [0.2, 0.25) is 0 Å². The molecular formula is C5H8N4. The summed E-state index contributed by atoms with van der Waals surface area (Å²) in [4.78, 5) is 3.82. The Morgan fingerprint density at radius 2 is 2.44 bits per heavy atom. The van der Waals surface area contributed by atoms with Crippen molar-refractivity contribution in [3.63, 3.8) is 0 Å². The maximum absolute atomic E-state index is 5.22. The molecule has 0 aliphatic carbocycles. The minimum Gasteiger partial charge on any atom is -0.366 e. The van der Waals surface area contributed by atoms with E-state index in [0.29, 0.717) is 5.82 Å². The topological polar surface area (TPSA) is 67.6 Å². The Hall–Kier alpha value is -1.32. The summed E-state index contributed by atoms with van der Waals surface area (Å²) >= 11 is 0. The molecule has 0 saturated heterocycles. The second kappa shape index (κ2) is 2.30. The van der Waals surface area contributed by atoms with Crippen LogP contribution < -0.4 is 5.73 Å². The van der Waals surface area contributed by atoms with E-state index in [-0.39, 0.29) is 5.95 Å². The first-order valence-electron chi connectivity index (χ1n) is 2.63. The molecule has 0 fully saturated rings. The maximum Gasteiger partial charge on any atom is 0.239 e. The Morgan fingerprint density at radius 1 is 1.67 bits per heavy atom. The van der Waals surface area contributed by atoms with Crippen molar-refractivity contribution in [2.24, 2.45) is 0 Å². The van der Waals surface area contributed by atoms with Crippen LogP contribution in [0.4, 0.5) is 5.95 Å². The van der Waals surface area contributed by atoms with Gasteiger partial charge in [-0.2, -0.15) is 4.98 Å². The Kier molecular flexibility index (Phi) is 1.48. The highest BCUT2D eigenvalue weighted by Crippen LogP contribution is 1.93. The van der Waals surface area contributed by atoms with Gasteiger partial charge in [0.15, 0.2) is 0 Å². The van der Waals surface area contributed by atoms with Gasteiger partial charge < -0.3 is 5.73 Å². The van der Waals surface area contributed by atoms with Crippen molar-refractivity contribution in [1.29, 1.82) is 0 Å². The fourth-order valence-corrected chi connectivity index (χ4v) is 0.520. The normalized spacial score (nSPS) is 10.8. The molecule has 1 aromatic heterocycles. The van der Waals surface area contributed by atoms with Crippen molar-refractivity contribution in [3.05, 3.63) is 11.9 Å². The van der Waals surface area contributed by atoms with Gasteiger partial charge in [-0.3, -0.25) is 5.10 Å². The number of aromatic amines is 1. The van der Waals surface area contributed by atoms with Crippen LogP contribution in [0.15, 0.2) is 6.08 Å². The van der Waals surface area contributed by atoms with E-state index in [2.05, 4.69) is 15.2 Å². The molecule has 1 aromatic rings. The minimum absolute atomic E-state index is 0.281. The molecule has 0 radical (unpaired) electrons. The van der Waals surface area contributed by atoms with Crippen LogP contribution in [-0.4, -0.2) is 15.2 Å². The monoisotopic (exact) mass is 124 g/mol. The Bertz CT molecular complexity index is 212. The number of nitrogens with zero attached hydrogens (tertiary/aromatic N) is 2. The Morgan fingerprint density at radius 3 is 2.89 bits per heavy atom. The van der Waals surface area contributed by atoms with E-state index in [1.165, 1.54) is 0 Å². The van der Waals surface area contributed by atoms with Gasteiger partial charge in [-0.25, -0.2) is 0 Å². The number of nitrogen functional groups attached to an aromatic ring is 1. The summed E-state index contributed by atoms with van der Waals surface area (Å²) in [6, 6.07) is 0. The molecule has 0 bridgehead atoms. The lowest BCUT2D eigenvalue weighted by atomic mass is 10.5. The van der Waals surface area contributed by atoms with Crippen molar-refractivity contribution in [3.8, 4) is 0 Å². The predicted molar refractivity (Wildman–Crippen MR) is 35.5 cm³/mol. The SMILES string of the molecule is C/C=C/c1nc(N)n[nH]1. The number of H-pyrrole nitrogens is 1. The fraction of sp³-hybridized carbons (Fsp3) is 0.200. The van der Waals surface area contributed by atoms with Crippen molar-refractivity contribution in [2.45, 2.75) is 6.92 Å². The van der Waals surface area contributed by atoms with E-state index in [0.717, 1.165) is 0 Å². The number of hydrogen-bond acceptors (Lipinski definition) is 3. The highest BCUT2D eigenvalue weighted by Gasteiger charge is 1.90. The van der Waals surface area contributed by atoms with Crippen LogP contribution in [0.1, 0.15) is 12.7 Å². The molecule has 3 N–H and O–H groups in total. The van der Waals surface area contributed by atoms with E-state index in [1.807, 2.05) is 13.0 Å². The number of nitrogens with two attached hydrogens (primary N) is 1. The van der Waals surface area contributed by atoms with Crippen LogP contribution in [-0.2, 0) is 0 Å². The summed E-state index contributed by atoms with van der Waals surface area (Å²) in [6.07, 6.45) is 3.66. The highest BCUT2D eigenvalue weighted by atomic mass is 15.3. The third kappa shape index (κ3) is 1.28. The molecule has 0 spiro atoms. The number of nitrogens with one attached hydrogen (secondary N) is 1. The lowest BCUT2D eigenvalue weighted by molar-refractivity contribution is 1.08. The molecule has 4 nitrogen and oxygen atoms in total. The van der Waals surface area contributed by atoms with E-state index >= 15 is 0 Å². The quantitative estimate of drug-likeness (QED) is 0.570. The smallest absolute Gasteiger partial charge is 0.239 e. The summed E-state index contributed by atoms with van der Waals surface area (Å²) in [5, 5.41) is 6.26. The van der Waals surface area contributed by atoms with Gasteiger partial charge in [0.1, 0.15) is 5.82 Å². The predicted octanol–water partition coefficient (Wildman–Crippen LogP) is 0.420. The van der Waals surface area contributed by atoms with Gasteiger partial charge in [-0.1, -0.05) is 6.08 Å².